The Morgan fingerprint density at radius 1 is 0.851 bits per heavy atom. The van der Waals surface area contributed by atoms with Gasteiger partial charge in [0.05, 0.1) is 35.9 Å². The lowest BCUT2D eigenvalue weighted by atomic mass is 10.00. The van der Waals surface area contributed by atoms with Crippen LogP contribution in [0.3, 0.4) is 0 Å². The van der Waals surface area contributed by atoms with E-state index >= 15 is 8.78 Å². The number of H-pyrrole nitrogens is 2. The molecule has 4 heterocycles. The van der Waals surface area contributed by atoms with E-state index in [1.165, 1.54) is 18.3 Å². The van der Waals surface area contributed by atoms with Crippen molar-refractivity contribution >= 4 is 12.0 Å². The topological polar surface area (TPSA) is 139 Å². The molecule has 10 nitrogen and oxygen atoms in total. The van der Waals surface area contributed by atoms with Crippen LogP contribution in [0.25, 0.3) is 33.6 Å². The second kappa shape index (κ2) is 12.8. The summed E-state index contributed by atoms with van der Waals surface area (Å²) in [5.74, 6) is -0.0621. The first-order chi connectivity index (χ1) is 22.9. The highest BCUT2D eigenvalue weighted by molar-refractivity contribution is 5.87. The lowest BCUT2D eigenvalue weighted by Gasteiger charge is -2.28. The summed E-state index contributed by atoms with van der Waals surface area (Å²) in [4.78, 5) is 42.1. The highest BCUT2D eigenvalue weighted by Crippen LogP contribution is 2.35. The van der Waals surface area contributed by atoms with Gasteiger partial charge < -0.3 is 30.6 Å². The summed E-state index contributed by atoms with van der Waals surface area (Å²) in [5.41, 5.74) is 3.27. The maximum Gasteiger partial charge on any atom is 0.405 e. The number of aromatic amines is 2. The summed E-state index contributed by atoms with van der Waals surface area (Å²) in [6.45, 7) is 1.37. The van der Waals surface area contributed by atoms with Crippen molar-refractivity contribution in [3.63, 3.8) is 0 Å². The van der Waals surface area contributed by atoms with E-state index in [0.29, 0.717) is 58.9 Å². The average molecular weight is 638 g/mol. The molecule has 0 spiro atoms. The number of rotatable bonds is 8. The highest BCUT2D eigenvalue weighted by Gasteiger charge is 2.37. The van der Waals surface area contributed by atoms with Crippen LogP contribution in [0, 0.1) is 11.6 Å². The van der Waals surface area contributed by atoms with Gasteiger partial charge in [-0.25, -0.2) is 23.5 Å². The monoisotopic (exact) mass is 637 g/mol. The van der Waals surface area contributed by atoms with E-state index in [4.69, 9.17) is 0 Å². The maximum absolute atomic E-state index is 15.5. The molecule has 2 aliphatic heterocycles. The van der Waals surface area contributed by atoms with Crippen LogP contribution < -0.4 is 10.6 Å². The van der Waals surface area contributed by atoms with Crippen molar-refractivity contribution in [3.05, 3.63) is 108 Å². The number of nitrogens with zero attached hydrogens (tertiary/aromatic N) is 3. The zero-order valence-corrected chi connectivity index (χ0v) is 25.3. The van der Waals surface area contributed by atoms with Gasteiger partial charge >= 0.3 is 6.09 Å². The third-order valence-electron chi connectivity index (χ3n) is 8.93. The van der Waals surface area contributed by atoms with Crippen molar-refractivity contribution in [2.75, 3.05) is 13.1 Å². The Morgan fingerprint density at radius 2 is 1.49 bits per heavy atom. The van der Waals surface area contributed by atoms with Crippen molar-refractivity contribution in [2.45, 2.75) is 43.8 Å². The molecule has 47 heavy (non-hydrogen) atoms. The molecule has 5 aromatic rings. The van der Waals surface area contributed by atoms with Crippen molar-refractivity contribution in [1.29, 1.82) is 0 Å². The Labute approximate surface area is 269 Å². The zero-order chi connectivity index (χ0) is 32.5. The number of imidazole rings is 2. The van der Waals surface area contributed by atoms with Crippen molar-refractivity contribution in [2.24, 2.45) is 0 Å². The third kappa shape index (κ3) is 6.11. The quantitative estimate of drug-likeness (QED) is 0.132. The van der Waals surface area contributed by atoms with Gasteiger partial charge in [-0.05, 0) is 73.2 Å². The molecular formula is C35H33F2N7O3. The normalized spacial score (nSPS) is 18.4. The summed E-state index contributed by atoms with van der Waals surface area (Å²) in [6, 6.07) is 16.8. The first-order valence-electron chi connectivity index (χ1n) is 15.6. The molecule has 3 atom stereocenters. The number of amides is 2. The summed E-state index contributed by atoms with van der Waals surface area (Å²) in [6.07, 6.45) is 5.24. The number of benzene rings is 3. The molecule has 3 aromatic carbocycles. The van der Waals surface area contributed by atoms with Crippen LogP contribution in [0.2, 0.25) is 0 Å². The first-order valence-corrected chi connectivity index (χ1v) is 15.6. The Bertz CT molecular complexity index is 1920. The molecule has 2 amide bonds. The molecule has 0 aliphatic carbocycles. The largest absolute Gasteiger partial charge is 0.465 e. The molecule has 2 saturated heterocycles. The van der Waals surface area contributed by atoms with Crippen molar-refractivity contribution in [3.8, 4) is 33.6 Å². The SMILES string of the molecule is O=C(O)N[C@@H](C(=O)N1CCC[C@H]1c1ncc(-c2ccc(-c3ccc(-c4cnc([C@@H]5CCCN5)[nH]4)c(F)c3)cc2F)[nH]1)c1ccccc1. The number of nitrogens with one attached hydrogen (secondary N) is 4. The first kappa shape index (κ1) is 30.3. The summed E-state index contributed by atoms with van der Waals surface area (Å²) in [5, 5.41) is 15.1. The minimum absolute atomic E-state index is 0.145. The fourth-order valence-electron chi connectivity index (χ4n) is 6.57. The number of carbonyl (C=O) groups is 2. The fraction of sp³-hybridized carbons (Fsp3) is 0.257. The van der Waals surface area contributed by atoms with Gasteiger partial charge in [0.25, 0.3) is 5.91 Å². The van der Waals surface area contributed by atoms with Crippen LogP contribution in [-0.2, 0) is 4.79 Å². The standard InChI is InChI=1S/C35H33F2N7O3/c36-25-16-21(10-12-23(25)28-18-39-32(41-28)27-8-4-14-38-27)22-11-13-24(26(37)17-22)29-19-40-33(42-29)30-9-5-15-44(30)34(45)31(43-35(46)47)20-6-2-1-3-7-20/h1-3,6-7,10-13,16-19,27,30-31,38,43H,4-5,8-9,14-15H2,(H,39,41)(H,40,42)(H,46,47)/t27-,30-,31+/m0/s1. The van der Waals surface area contributed by atoms with Gasteiger partial charge in [-0.2, -0.15) is 0 Å². The Morgan fingerprint density at radius 3 is 2.09 bits per heavy atom. The molecule has 2 fully saturated rings. The molecule has 2 aliphatic rings. The smallest absolute Gasteiger partial charge is 0.405 e. The average Bonchev–Trinajstić information content (AvgIpc) is 3.90. The predicted octanol–water partition coefficient (Wildman–Crippen LogP) is 6.51. The number of hydrogen-bond donors (Lipinski definition) is 5. The Balaban J connectivity index is 1.08. The minimum Gasteiger partial charge on any atom is -0.465 e. The van der Waals surface area contributed by atoms with E-state index in [0.717, 1.165) is 25.2 Å². The van der Waals surface area contributed by atoms with E-state index in [-0.39, 0.29) is 17.5 Å². The molecule has 0 saturated carbocycles. The second-order valence-electron chi connectivity index (χ2n) is 11.9. The van der Waals surface area contributed by atoms with Crippen molar-refractivity contribution in [1.82, 2.24) is 35.5 Å². The van der Waals surface area contributed by atoms with Gasteiger partial charge in [0, 0.05) is 17.7 Å². The van der Waals surface area contributed by atoms with Gasteiger partial charge in [-0.3, -0.25) is 4.79 Å². The van der Waals surface area contributed by atoms with Crippen LogP contribution in [0.15, 0.2) is 79.1 Å². The molecule has 7 rings (SSSR count). The zero-order valence-electron chi connectivity index (χ0n) is 25.3. The summed E-state index contributed by atoms with van der Waals surface area (Å²) in [7, 11) is 0. The van der Waals surface area contributed by atoms with E-state index in [2.05, 4.69) is 30.6 Å². The molecular weight excluding hydrogens is 604 g/mol. The molecule has 0 bridgehead atoms. The van der Waals surface area contributed by atoms with Crippen LogP contribution in [-0.4, -0.2) is 55.0 Å². The summed E-state index contributed by atoms with van der Waals surface area (Å²) >= 11 is 0. The molecule has 0 radical (unpaired) electrons. The minimum atomic E-state index is -1.30. The number of carboxylic acid groups (broad SMARTS) is 1. The molecule has 0 unspecified atom stereocenters. The number of carbonyl (C=O) groups excluding carboxylic acids is 1. The fourth-order valence-corrected chi connectivity index (χ4v) is 6.57. The van der Waals surface area contributed by atoms with E-state index in [1.807, 2.05) is 0 Å². The van der Waals surface area contributed by atoms with Gasteiger partial charge in [0.2, 0.25) is 0 Å². The lowest BCUT2D eigenvalue weighted by Crippen LogP contribution is -2.42. The maximum atomic E-state index is 15.5. The van der Waals surface area contributed by atoms with E-state index in [9.17, 15) is 14.7 Å². The van der Waals surface area contributed by atoms with E-state index < -0.39 is 29.8 Å². The Kier molecular flexibility index (Phi) is 8.25. The number of aromatic nitrogens is 4. The van der Waals surface area contributed by atoms with Crippen molar-refractivity contribution < 1.29 is 23.5 Å². The molecule has 12 heteroatoms. The van der Waals surface area contributed by atoms with Crippen LogP contribution in [0.5, 0.6) is 0 Å². The second-order valence-corrected chi connectivity index (χ2v) is 11.9. The lowest BCUT2D eigenvalue weighted by molar-refractivity contribution is -0.134. The van der Waals surface area contributed by atoms with Gasteiger partial charge in [0.15, 0.2) is 0 Å². The van der Waals surface area contributed by atoms with E-state index in [1.54, 1.807) is 65.7 Å². The van der Waals surface area contributed by atoms with Gasteiger partial charge in [-0.1, -0.05) is 42.5 Å². The van der Waals surface area contributed by atoms with Crippen LogP contribution >= 0.6 is 0 Å². The number of hydrogen-bond acceptors (Lipinski definition) is 5. The molecule has 240 valence electrons. The highest BCUT2D eigenvalue weighted by atomic mass is 19.1. The number of halogens is 2. The molecule has 5 N–H and O–H groups in total. The molecule has 2 aromatic heterocycles. The van der Waals surface area contributed by atoms with Crippen LogP contribution in [0.4, 0.5) is 13.6 Å². The summed E-state index contributed by atoms with van der Waals surface area (Å²) < 4.78 is 30.8. The van der Waals surface area contributed by atoms with Gasteiger partial charge in [0.1, 0.15) is 29.3 Å². The predicted molar refractivity (Wildman–Crippen MR) is 171 cm³/mol. The third-order valence-corrected chi connectivity index (χ3v) is 8.93. The number of likely N-dealkylation sites (tertiary alicyclic amines) is 1. The Hall–Kier alpha value is -5.36. The van der Waals surface area contributed by atoms with Gasteiger partial charge in [-0.15, -0.1) is 0 Å². The van der Waals surface area contributed by atoms with Crippen LogP contribution in [0.1, 0.15) is 61.0 Å².